The van der Waals surface area contributed by atoms with Gasteiger partial charge in [0, 0.05) is 0 Å². The third kappa shape index (κ3) is 2.84. The molecule has 5 heteroatoms. The summed E-state index contributed by atoms with van der Waals surface area (Å²) in [5.41, 5.74) is 2.81. The maximum Gasteiger partial charge on any atom is 0.371 e. The maximum absolute atomic E-state index is 10.6. The Morgan fingerprint density at radius 3 is 2.88 bits per heavy atom. The van der Waals surface area contributed by atoms with Crippen molar-refractivity contribution in [2.45, 2.75) is 38.3 Å². The Kier molecular flexibility index (Phi) is 3.58. The molecule has 0 amide bonds. The summed E-state index contributed by atoms with van der Waals surface area (Å²) in [5.74, 6) is -0.531. The van der Waals surface area contributed by atoms with Gasteiger partial charge in [-0.25, -0.2) is 4.79 Å². The van der Waals surface area contributed by atoms with E-state index in [0.29, 0.717) is 12.3 Å². The van der Waals surface area contributed by atoms with Crippen molar-refractivity contribution in [1.29, 1.82) is 0 Å². The standard InChI is InChI=1S/C11H15NO4/c13-11(14)10-6-5-9(15-10)7-12-16-8-3-1-2-4-8/h5-6,8,12H,1-4,7H2,(H,13,14). The van der Waals surface area contributed by atoms with Crippen LogP contribution >= 0.6 is 0 Å². The first-order valence-corrected chi connectivity index (χ1v) is 5.46. The van der Waals surface area contributed by atoms with Gasteiger partial charge in [-0.05, 0) is 25.0 Å². The second-order valence-electron chi connectivity index (χ2n) is 3.92. The van der Waals surface area contributed by atoms with Gasteiger partial charge in [-0.2, -0.15) is 5.48 Å². The van der Waals surface area contributed by atoms with Gasteiger partial charge in [-0.15, -0.1) is 0 Å². The zero-order chi connectivity index (χ0) is 11.4. The lowest BCUT2D eigenvalue weighted by molar-refractivity contribution is -0.0269. The summed E-state index contributed by atoms with van der Waals surface area (Å²) in [6, 6.07) is 3.07. The normalized spacial score (nSPS) is 16.8. The highest BCUT2D eigenvalue weighted by atomic mass is 16.7. The van der Waals surface area contributed by atoms with E-state index in [4.69, 9.17) is 14.4 Å². The fraction of sp³-hybridized carbons (Fsp3) is 0.545. The number of carboxylic acids is 1. The molecule has 1 aliphatic carbocycles. The monoisotopic (exact) mass is 225 g/mol. The molecule has 5 nitrogen and oxygen atoms in total. The molecule has 1 fully saturated rings. The summed E-state index contributed by atoms with van der Waals surface area (Å²) >= 11 is 0. The molecule has 1 aromatic heterocycles. The van der Waals surface area contributed by atoms with Crippen molar-refractivity contribution in [3.8, 4) is 0 Å². The summed E-state index contributed by atoms with van der Waals surface area (Å²) in [6.45, 7) is 0.393. The minimum absolute atomic E-state index is 0.0438. The summed E-state index contributed by atoms with van der Waals surface area (Å²) in [4.78, 5) is 16.0. The van der Waals surface area contributed by atoms with Crippen molar-refractivity contribution in [2.75, 3.05) is 0 Å². The highest BCUT2D eigenvalue weighted by Gasteiger charge is 2.15. The Bertz CT molecular complexity index is 355. The molecule has 2 rings (SSSR count). The van der Waals surface area contributed by atoms with Crippen LogP contribution in [0.4, 0.5) is 0 Å². The van der Waals surface area contributed by atoms with E-state index in [9.17, 15) is 4.79 Å². The number of hydrogen-bond acceptors (Lipinski definition) is 4. The van der Waals surface area contributed by atoms with Gasteiger partial charge in [0.25, 0.3) is 0 Å². The average Bonchev–Trinajstić information content (AvgIpc) is 2.87. The Labute approximate surface area is 93.3 Å². The first-order valence-electron chi connectivity index (χ1n) is 5.46. The van der Waals surface area contributed by atoms with E-state index in [1.165, 1.54) is 18.9 Å². The number of hydroxylamine groups is 1. The Morgan fingerprint density at radius 1 is 1.50 bits per heavy atom. The van der Waals surface area contributed by atoms with Crippen molar-refractivity contribution in [1.82, 2.24) is 5.48 Å². The van der Waals surface area contributed by atoms with E-state index in [1.807, 2.05) is 0 Å². The second kappa shape index (κ2) is 5.14. The molecule has 0 atom stereocenters. The van der Waals surface area contributed by atoms with E-state index >= 15 is 0 Å². The molecule has 2 N–H and O–H groups in total. The minimum atomic E-state index is -1.05. The van der Waals surface area contributed by atoms with Crippen LogP contribution in [0, 0.1) is 0 Å². The van der Waals surface area contributed by atoms with Crippen LogP contribution in [0.2, 0.25) is 0 Å². The van der Waals surface area contributed by atoms with Crippen LogP contribution in [-0.2, 0) is 11.4 Å². The first-order chi connectivity index (χ1) is 7.75. The van der Waals surface area contributed by atoms with Gasteiger partial charge in [-0.3, -0.25) is 4.84 Å². The van der Waals surface area contributed by atoms with Gasteiger partial charge in [0.2, 0.25) is 5.76 Å². The van der Waals surface area contributed by atoms with Crippen LogP contribution in [0.15, 0.2) is 16.5 Å². The minimum Gasteiger partial charge on any atom is -0.475 e. The lowest BCUT2D eigenvalue weighted by Gasteiger charge is -2.10. The van der Waals surface area contributed by atoms with Gasteiger partial charge in [0.15, 0.2) is 0 Å². The lowest BCUT2D eigenvalue weighted by Crippen LogP contribution is -2.21. The summed E-state index contributed by atoms with van der Waals surface area (Å²) in [7, 11) is 0. The Balaban J connectivity index is 1.74. The zero-order valence-electron chi connectivity index (χ0n) is 8.94. The van der Waals surface area contributed by atoms with Crippen LogP contribution in [0.25, 0.3) is 0 Å². The van der Waals surface area contributed by atoms with E-state index in [2.05, 4.69) is 5.48 Å². The highest BCUT2D eigenvalue weighted by Crippen LogP contribution is 2.20. The number of furan rings is 1. The molecule has 1 aliphatic rings. The number of hydrogen-bond donors (Lipinski definition) is 2. The number of nitrogens with one attached hydrogen (secondary N) is 1. The second-order valence-corrected chi connectivity index (χ2v) is 3.92. The fourth-order valence-electron chi connectivity index (χ4n) is 1.82. The van der Waals surface area contributed by atoms with Crippen LogP contribution in [0.3, 0.4) is 0 Å². The summed E-state index contributed by atoms with van der Waals surface area (Å²) in [6.07, 6.45) is 4.90. The van der Waals surface area contributed by atoms with E-state index in [0.717, 1.165) is 12.8 Å². The Morgan fingerprint density at radius 2 is 2.25 bits per heavy atom. The van der Waals surface area contributed by atoms with Crippen LogP contribution in [0.1, 0.15) is 42.0 Å². The molecule has 88 valence electrons. The topological polar surface area (TPSA) is 71.7 Å². The largest absolute Gasteiger partial charge is 0.475 e. The van der Waals surface area contributed by atoms with Crippen molar-refractivity contribution in [2.24, 2.45) is 0 Å². The van der Waals surface area contributed by atoms with Crippen molar-refractivity contribution in [3.63, 3.8) is 0 Å². The lowest BCUT2D eigenvalue weighted by atomic mass is 10.3. The molecule has 0 spiro atoms. The van der Waals surface area contributed by atoms with Crippen molar-refractivity contribution >= 4 is 5.97 Å². The molecule has 1 heterocycles. The molecule has 16 heavy (non-hydrogen) atoms. The number of rotatable bonds is 5. The molecule has 0 aliphatic heterocycles. The van der Waals surface area contributed by atoms with E-state index in [1.54, 1.807) is 6.07 Å². The third-order valence-electron chi connectivity index (χ3n) is 2.67. The van der Waals surface area contributed by atoms with E-state index in [-0.39, 0.29) is 11.9 Å². The quantitative estimate of drug-likeness (QED) is 0.749. The fourth-order valence-corrected chi connectivity index (χ4v) is 1.82. The smallest absolute Gasteiger partial charge is 0.371 e. The summed E-state index contributed by atoms with van der Waals surface area (Å²) < 4.78 is 5.07. The first kappa shape index (κ1) is 11.2. The predicted octanol–water partition coefficient (Wildman–Crippen LogP) is 1.94. The SMILES string of the molecule is O=C(O)c1ccc(CNOC2CCCC2)o1. The molecule has 0 unspecified atom stereocenters. The molecule has 1 saturated carbocycles. The van der Waals surface area contributed by atoms with E-state index < -0.39 is 5.97 Å². The van der Waals surface area contributed by atoms with Crippen molar-refractivity contribution < 1.29 is 19.2 Å². The molecular weight excluding hydrogens is 210 g/mol. The number of carbonyl (C=O) groups is 1. The van der Waals surface area contributed by atoms with Crippen molar-refractivity contribution in [3.05, 3.63) is 23.7 Å². The number of carboxylic acid groups (broad SMARTS) is 1. The molecule has 0 bridgehead atoms. The van der Waals surface area contributed by atoms with Gasteiger partial charge in [0.1, 0.15) is 5.76 Å². The van der Waals surface area contributed by atoms with Crippen LogP contribution < -0.4 is 5.48 Å². The maximum atomic E-state index is 10.6. The van der Waals surface area contributed by atoms with Gasteiger partial charge in [-0.1, -0.05) is 12.8 Å². The van der Waals surface area contributed by atoms with Crippen LogP contribution in [-0.4, -0.2) is 17.2 Å². The Hall–Kier alpha value is -1.33. The van der Waals surface area contributed by atoms with Gasteiger partial charge >= 0.3 is 5.97 Å². The van der Waals surface area contributed by atoms with Gasteiger partial charge in [0.05, 0.1) is 12.6 Å². The van der Waals surface area contributed by atoms with Crippen LogP contribution in [0.5, 0.6) is 0 Å². The van der Waals surface area contributed by atoms with Gasteiger partial charge < -0.3 is 9.52 Å². The third-order valence-corrected chi connectivity index (χ3v) is 2.67. The zero-order valence-corrected chi connectivity index (χ0v) is 8.94. The molecular formula is C11H15NO4. The highest BCUT2D eigenvalue weighted by molar-refractivity contribution is 5.84. The number of aromatic carboxylic acids is 1. The predicted molar refractivity (Wildman–Crippen MR) is 55.8 cm³/mol. The molecule has 0 aromatic carbocycles. The average molecular weight is 225 g/mol. The molecule has 0 saturated heterocycles. The molecule has 0 radical (unpaired) electrons. The molecule has 1 aromatic rings. The summed E-state index contributed by atoms with van der Waals surface area (Å²) in [5, 5.41) is 8.65.